The summed E-state index contributed by atoms with van der Waals surface area (Å²) in [5.74, 6) is -0.00877. The quantitative estimate of drug-likeness (QED) is 0.601. The first-order chi connectivity index (χ1) is 14.0. The highest BCUT2D eigenvalue weighted by Crippen LogP contribution is 2.25. The molecule has 0 fully saturated rings. The average Bonchev–Trinajstić information content (AvgIpc) is 2.76. The second kappa shape index (κ2) is 9.27. The van der Waals surface area contributed by atoms with Crippen molar-refractivity contribution in [2.45, 2.75) is 45.2 Å². The molecular weight excluding hydrogens is 382 g/mol. The van der Waals surface area contributed by atoms with Gasteiger partial charge in [-0.15, -0.1) is 11.8 Å². The first-order valence-electron chi connectivity index (χ1n) is 9.75. The Kier molecular flexibility index (Phi) is 6.75. The number of carbonyl (C=O) groups excluding carboxylic acids is 2. The number of carbonyl (C=O) groups is 2. The Bertz CT molecular complexity index is 969. The number of nitrogens with zero attached hydrogens (tertiary/aromatic N) is 2. The molecule has 0 spiro atoms. The predicted octanol–water partition coefficient (Wildman–Crippen LogP) is 3.89. The third kappa shape index (κ3) is 4.53. The van der Waals surface area contributed by atoms with Gasteiger partial charge in [0.1, 0.15) is 0 Å². The van der Waals surface area contributed by atoms with E-state index in [1.807, 2.05) is 68.5 Å². The van der Waals surface area contributed by atoms with E-state index in [4.69, 9.17) is 0 Å². The van der Waals surface area contributed by atoms with Crippen LogP contribution in [0, 0.1) is 6.92 Å². The van der Waals surface area contributed by atoms with E-state index in [-0.39, 0.29) is 11.8 Å². The van der Waals surface area contributed by atoms with E-state index in [1.165, 1.54) is 5.56 Å². The van der Waals surface area contributed by atoms with Crippen molar-refractivity contribution in [2.24, 2.45) is 0 Å². The lowest BCUT2D eigenvalue weighted by molar-refractivity contribution is -0.128. The molecule has 0 unspecified atom stereocenters. The maximum Gasteiger partial charge on any atom is 0.252 e. The molecule has 2 aromatic rings. The summed E-state index contributed by atoms with van der Waals surface area (Å²) in [6.07, 6.45) is 6.45. The first kappa shape index (κ1) is 21.1. The van der Waals surface area contributed by atoms with Crippen molar-refractivity contribution in [3.8, 4) is 0 Å². The Balaban J connectivity index is 1.78. The minimum Gasteiger partial charge on any atom is -0.348 e. The van der Waals surface area contributed by atoms with E-state index < -0.39 is 0 Å². The lowest BCUT2D eigenvalue weighted by atomic mass is 9.94. The van der Waals surface area contributed by atoms with Crippen molar-refractivity contribution in [3.05, 3.63) is 70.1 Å². The number of aryl methyl sites for hydroxylation is 1. The van der Waals surface area contributed by atoms with Crippen LogP contribution in [0.4, 0.5) is 0 Å². The van der Waals surface area contributed by atoms with Gasteiger partial charge in [0.25, 0.3) is 5.91 Å². The van der Waals surface area contributed by atoms with Crippen molar-refractivity contribution < 1.29 is 9.59 Å². The number of hydrogen-bond acceptors (Lipinski definition) is 4. The van der Waals surface area contributed by atoms with Crippen LogP contribution in [0.2, 0.25) is 0 Å². The van der Waals surface area contributed by atoms with Gasteiger partial charge in [0.2, 0.25) is 5.91 Å². The van der Waals surface area contributed by atoms with Gasteiger partial charge in [0.05, 0.1) is 5.56 Å². The number of aromatic nitrogens is 1. The summed E-state index contributed by atoms with van der Waals surface area (Å²) in [5, 5.41) is 3.06. The molecule has 152 valence electrons. The molecule has 0 saturated carbocycles. The minimum atomic E-state index is -0.0803. The van der Waals surface area contributed by atoms with Gasteiger partial charge in [-0.3, -0.25) is 14.6 Å². The SMILES string of the molecule is C/C=C(\C)C(=O)N1CCc2c(cnc(C)c2CNC(=O)c2ccccc2SC)C1. The molecule has 1 aliphatic heterocycles. The molecule has 3 rings (SSSR count). The number of nitrogens with one attached hydrogen (secondary N) is 1. The topological polar surface area (TPSA) is 62.3 Å². The van der Waals surface area contributed by atoms with Crippen LogP contribution in [0.25, 0.3) is 0 Å². The van der Waals surface area contributed by atoms with Crippen LogP contribution in [0.15, 0.2) is 47.0 Å². The fourth-order valence-electron chi connectivity index (χ4n) is 3.60. The van der Waals surface area contributed by atoms with Gasteiger partial charge in [-0.05, 0) is 62.3 Å². The van der Waals surface area contributed by atoms with E-state index in [0.29, 0.717) is 25.2 Å². The lowest BCUT2D eigenvalue weighted by Crippen LogP contribution is -2.37. The Hall–Kier alpha value is -2.60. The zero-order chi connectivity index (χ0) is 21.0. The summed E-state index contributed by atoms with van der Waals surface area (Å²) in [6, 6.07) is 7.62. The summed E-state index contributed by atoms with van der Waals surface area (Å²) >= 11 is 1.56. The molecule has 0 atom stereocenters. The lowest BCUT2D eigenvalue weighted by Gasteiger charge is -2.30. The smallest absolute Gasteiger partial charge is 0.252 e. The van der Waals surface area contributed by atoms with Crippen molar-refractivity contribution in [1.82, 2.24) is 15.2 Å². The molecule has 1 aliphatic rings. The molecule has 1 N–H and O–H groups in total. The van der Waals surface area contributed by atoms with Gasteiger partial charge in [-0.25, -0.2) is 0 Å². The Labute approximate surface area is 176 Å². The Morgan fingerprint density at radius 3 is 2.79 bits per heavy atom. The number of pyridine rings is 1. The van der Waals surface area contributed by atoms with Crippen LogP contribution in [-0.4, -0.2) is 34.5 Å². The van der Waals surface area contributed by atoms with Crippen LogP contribution in [0.5, 0.6) is 0 Å². The number of benzene rings is 1. The molecule has 6 heteroatoms. The summed E-state index contributed by atoms with van der Waals surface area (Å²) in [7, 11) is 0. The number of fused-ring (bicyclic) bond motifs is 1. The maximum atomic E-state index is 12.7. The third-order valence-electron chi connectivity index (χ3n) is 5.43. The molecule has 0 bridgehead atoms. The number of amides is 2. The summed E-state index contributed by atoms with van der Waals surface area (Å²) in [5.41, 5.74) is 5.70. The summed E-state index contributed by atoms with van der Waals surface area (Å²) in [4.78, 5) is 32.6. The van der Waals surface area contributed by atoms with Crippen LogP contribution in [0.1, 0.15) is 46.6 Å². The van der Waals surface area contributed by atoms with Crippen LogP contribution in [-0.2, 0) is 24.3 Å². The molecule has 5 nitrogen and oxygen atoms in total. The first-order valence-corrected chi connectivity index (χ1v) is 11.0. The monoisotopic (exact) mass is 409 g/mol. The maximum absolute atomic E-state index is 12.7. The molecular formula is C23H27N3O2S. The largest absolute Gasteiger partial charge is 0.348 e. The molecule has 29 heavy (non-hydrogen) atoms. The summed E-state index contributed by atoms with van der Waals surface area (Å²) < 4.78 is 0. The number of hydrogen-bond donors (Lipinski definition) is 1. The second-order valence-corrected chi connectivity index (χ2v) is 8.01. The Morgan fingerprint density at radius 1 is 1.31 bits per heavy atom. The van der Waals surface area contributed by atoms with E-state index >= 15 is 0 Å². The van der Waals surface area contributed by atoms with Crippen LogP contribution in [0.3, 0.4) is 0 Å². The van der Waals surface area contributed by atoms with Crippen molar-refractivity contribution >= 4 is 23.6 Å². The molecule has 2 heterocycles. The fourth-order valence-corrected chi connectivity index (χ4v) is 4.19. The molecule has 1 aromatic heterocycles. The van der Waals surface area contributed by atoms with E-state index in [0.717, 1.165) is 33.7 Å². The molecule has 0 aliphatic carbocycles. The van der Waals surface area contributed by atoms with Gasteiger partial charge >= 0.3 is 0 Å². The second-order valence-electron chi connectivity index (χ2n) is 7.16. The van der Waals surface area contributed by atoms with Crippen LogP contribution < -0.4 is 5.32 Å². The highest BCUT2D eigenvalue weighted by Gasteiger charge is 2.24. The van der Waals surface area contributed by atoms with E-state index in [9.17, 15) is 9.59 Å². The van der Waals surface area contributed by atoms with Gasteiger partial charge in [-0.2, -0.15) is 0 Å². The third-order valence-corrected chi connectivity index (χ3v) is 6.23. The van der Waals surface area contributed by atoms with Gasteiger partial charge < -0.3 is 10.2 Å². The summed E-state index contributed by atoms with van der Waals surface area (Å²) in [6.45, 7) is 7.37. The van der Waals surface area contributed by atoms with E-state index in [1.54, 1.807) is 11.8 Å². The normalized spacial score (nSPS) is 13.8. The molecule has 1 aromatic carbocycles. The zero-order valence-electron chi connectivity index (χ0n) is 17.4. The number of thioether (sulfide) groups is 1. The van der Waals surface area contributed by atoms with Crippen LogP contribution >= 0.6 is 11.8 Å². The molecule has 0 radical (unpaired) electrons. The van der Waals surface area contributed by atoms with Gasteiger partial charge in [-0.1, -0.05) is 18.2 Å². The standard InChI is InChI=1S/C23H27N3O2S/c1-5-15(2)23(28)26-11-10-18-17(14-26)12-24-16(3)20(18)13-25-22(27)19-8-6-7-9-21(19)29-4/h5-9,12H,10-11,13-14H2,1-4H3,(H,25,27)/b15-5+. The highest BCUT2D eigenvalue weighted by molar-refractivity contribution is 7.98. The number of allylic oxidation sites excluding steroid dienone is 1. The Morgan fingerprint density at radius 2 is 2.07 bits per heavy atom. The zero-order valence-corrected chi connectivity index (χ0v) is 18.2. The minimum absolute atomic E-state index is 0.0715. The van der Waals surface area contributed by atoms with Gasteiger partial charge in [0, 0.05) is 42.0 Å². The van der Waals surface area contributed by atoms with E-state index in [2.05, 4.69) is 10.3 Å². The average molecular weight is 410 g/mol. The predicted molar refractivity (Wildman–Crippen MR) is 117 cm³/mol. The van der Waals surface area contributed by atoms with Crippen molar-refractivity contribution in [3.63, 3.8) is 0 Å². The van der Waals surface area contributed by atoms with Crippen molar-refractivity contribution in [1.29, 1.82) is 0 Å². The van der Waals surface area contributed by atoms with Crippen molar-refractivity contribution in [2.75, 3.05) is 12.8 Å². The highest BCUT2D eigenvalue weighted by atomic mass is 32.2. The fraction of sp³-hybridized carbons (Fsp3) is 0.348. The van der Waals surface area contributed by atoms with Gasteiger partial charge in [0.15, 0.2) is 0 Å². The number of rotatable bonds is 5. The molecule has 0 saturated heterocycles. The molecule has 2 amide bonds.